The maximum atomic E-state index is 9.72. The Balaban J connectivity index is 0.000000185. The first-order valence-corrected chi connectivity index (χ1v) is 15.1. The van der Waals surface area contributed by atoms with Gasteiger partial charge in [-0.25, -0.2) is 4.98 Å². The minimum absolute atomic E-state index is 0.0151. The number of amides is 1. The number of aromatic nitrogens is 1. The third kappa shape index (κ3) is 11.7. The molecule has 5 rings (SSSR count). The van der Waals surface area contributed by atoms with E-state index in [1.165, 1.54) is 75.1 Å². The van der Waals surface area contributed by atoms with Crippen molar-refractivity contribution in [2.75, 3.05) is 62.7 Å². The highest BCUT2D eigenvalue weighted by Crippen LogP contribution is 2.26. The molecule has 3 aliphatic rings. The molecule has 0 spiro atoms. The summed E-state index contributed by atoms with van der Waals surface area (Å²) in [6.45, 7) is 12.2. The van der Waals surface area contributed by atoms with Gasteiger partial charge >= 0.3 is 5.97 Å². The molecule has 4 heterocycles. The van der Waals surface area contributed by atoms with E-state index >= 15 is 0 Å². The summed E-state index contributed by atoms with van der Waals surface area (Å²) in [5.74, 6) is 0.237. The highest BCUT2D eigenvalue weighted by molar-refractivity contribution is 5.67. The zero-order chi connectivity index (χ0) is 29.3. The summed E-state index contributed by atoms with van der Waals surface area (Å²) in [7, 11) is 0. The Hall–Kier alpha value is -3.17. The molecule has 1 amide bonds. The molecule has 2 saturated heterocycles. The number of fused-ring (bicyclic) bond motifs is 1. The molecule has 0 atom stereocenters. The number of carbonyl (C=O) groups excluding carboxylic acids is 1. The van der Waals surface area contributed by atoms with Gasteiger partial charge in [0.15, 0.2) is 0 Å². The van der Waals surface area contributed by atoms with Crippen LogP contribution in [0, 0.1) is 0 Å². The van der Waals surface area contributed by atoms with Crippen LogP contribution < -0.4 is 15.5 Å². The molecular weight excluding hydrogens is 518 g/mol. The number of anilines is 2. The topological polar surface area (TPSA) is 107 Å². The minimum Gasteiger partial charge on any atom is -0.481 e. The van der Waals surface area contributed by atoms with Crippen molar-refractivity contribution in [1.29, 1.82) is 0 Å². The van der Waals surface area contributed by atoms with Crippen LogP contribution in [0.3, 0.4) is 0 Å². The number of aliphatic carboxylic acids is 1. The number of morpholine rings is 1. The molecule has 3 aliphatic heterocycles. The number of hydrogen-bond donors (Lipinski definition) is 3. The normalized spacial score (nSPS) is 17.9. The molecular formula is C32H49N5O4. The van der Waals surface area contributed by atoms with E-state index in [1.807, 2.05) is 0 Å². The third-order valence-corrected chi connectivity index (χ3v) is 7.59. The summed E-state index contributed by atoms with van der Waals surface area (Å²) in [5, 5.41) is 13.6. The second kappa shape index (κ2) is 17.6. The number of aryl methyl sites for hydroxylation is 2. The fraction of sp³-hybridized carbons (Fsp3) is 0.594. The van der Waals surface area contributed by atoms with Gasteiger partial charge in [0.1, 0.15) is 5.82 Å². The molecule has 1 aromatic carbocycles. The zero-order valence-electron chi connectivity index (χ0n) is 24.9. The number of rotatable bonds is 9. The van der Waals surface area contributed by atoms with Crippen LogP contribution in [0.15, 0.2) is 42.5 Å². The van der Waals surface area contributed by atoms with Gasteiger partial charge < -0.3 is 30.3 Å². The first-order valence-electron chi connectivity index (χ1n) is 15.1. The Morgan fingerprint density at radius 2 is 1.88 bits per heavy atom. The molecule has 226 valence electrons. The van der Waals surface area contributed by atoms with Crippen molar-refractivity contribution in [2.24, 2.45) is 0 Å². The Labute approximate surface area is 245 Å². The van der Waals surface area contributed by atoms with Crippen LogP contribution in [-0.4, -0.2) is 85.4 Å². The number of piperidine rings is 1. The lowest BCUT2D eigenvalue weighted by Crippen LogP contribution is -2.53. The number of nitrogens with one attached hydrogen (secondary N) is 2. The Morgan fingerprint density at radius 3 is 2.59 bits per heavy atom. The van der Waals surface area contributed by atoms with Gasteiger partial charge in [0.2, 0.25) is 6.41 Å². The van der Waals surface area contributed by atoms with Crippen molar-refractivity contribution < 1.29 is 19.4 Å². The molecule has 0 saturated carbocycles. The maximum Gasteiger partial charge on any atom is 0.305 e. The second-order valence-corrected chi connectivity index (χ2v) is 11.4. The molecule has 0 bridgehead atoms. The molecule has 0 radical (unpaired) electrons. The smallest absolute Gasteiger partial charge is 0.305 e. The molecule has 3 N–H and O–H groups in total. The number of likely N-dealkylation sites (tertiary alicyclic amines) is 1. The largest absolute Gasteiger partial charge is 0.481 e. The highest BCUT2D eigenvalue weighted by atomic mass is 16.5. The van der Waals surface area contributed by atoms with Crippen molar-refractivity contribution in [3.8, 4) is 0 Å². The summed E-state index contributed by atoms with van der Waals surface area (Å²) < 4.78 is 5.49. The number of para-hydroxylation sites is 1. The van der Waals surface area contributed by atoms with E-state index in [4.69, 9.17) is 14.8 Å². The average molecular weight is 568 g/mol. The fourth-order valence-electron chi connectivity index (χ4n) is 5.36. The number of nitrogens with zero attached hydrogens (tertiary/aromatic N) is 3. The van der Waals surface area contributed by atoms with Crippen LogP contribution in [-0.2, 0) is 27.2 Å². The number of hydrogen-bond acceptors (Lipinski definition) is 7. The number of pyridine rings is 1. The van der Waals surface area contributed by atoms with Crippen LogP contribution >= 0.6 is 0 Å². The van der Waals surface area contributed by atoms with Crippen LogP contribution in [0.1, 0.15) is 63.6 Å². The SMILES string of the molecule is CC1(C)COCCN1c1ccccc1.O=CNCCC(=O)O.c1cc2c(nc1CCCN1CCCCC1)NCCC2. The minimum atomic E-state index is -0.903. The van der Waals surface area contributed by atoms with Crippen molar-refractivity contribution in [1.82, 2.24) is 15.2 Å². The summed E-state index contributed by atoms with van der Waals surface area (Å²) in [6, 6.07) is 15.0. The van der Waals surface area contributed by atoms with Gasteiger partial charge in [-0.05, 0) is 95.8 Å². The summed E-state index contributed by atoms with van der Waals surface area (Å²) in [4.78, 5) is 29.0. The van der Waals surface area contributed by atoms with E-state index in [1.54, 1.807) is 0 Å². The van der Waals surface area contributed by atoms with Crippen LogP contribution in [0.5, 0.6) is 0 Å². The van der Waals surface area contributed by atoms with Crippen molar-refractivity contribution >= 4 is 23.9 Å². The van der Waals surface area contributed by atoms with Crippen LogP contribution in [0.4, 0.5) is 11.5 Å². The third-order valence-electron chi connectivity index (χ3n) is 7.59. The average Bonchev–Trinajstić information content (AvgIpc) is 2.99. The summed E-state index contributed by atoms with van der Waals surface area (Å²) in [6.07, 6.45) is 9.45. The Morgan fingerprint density at radius 1 is 1.10 bits per heavy atom. The predicted molar refractivity (Wildman–Crippen MR) is 165 cm³/mol. The number of carbonyl (C=O) groups is 2. The van der Waals surface area contributed by atoms with Gasteiger partial charge in [-0.2, -0.15) is 0 Å². The first kappa shape index (κ1) is 32.3. The molecule has 9 nitrogen and oxygen atoms in total. The van der Waals surface area contributed by atoms with Gasteiger partial charge in [0.05, 0.1) is 25.2 Å². The van der Waals surface area contributed by atoms with Crippen molar-refractivity contribution in [2.45, 2.75) is 70.8 Å². The van der Waals surface area contributed by atoms with E-state index in [-0.39, 0.29) is 18.5 Å². The van der Waals surface area contributed by atoms with Gasteiger partial charge in [-0.3, -0.25) is 9.59 Å². The number of benzene rings is 1. The molecule has 9 heteroatoms. The standard InChI is InChI=1S/C16H25N3.C12H17NO.C4H7NO3/c1-2-11-19(12-3-1)13-5-7-15-9-8-14-6-4-10-17-16(14)18-15;1-12(2)10-14-9-8-13(12)11-6-4-3-5-7-11;6-3-5-2-1-4(7)8/h8-9H,1-7,10-13H2,(H,17,18);3-7H,8-10H2,1-2H3;3H,1-2H2,(H,5,6)(H,7,8). The van der Waals surface area contributed by atoms with E-state index in [0.717, 1.165) is 38.5 Å². The van der Waals surface area contributed by atoms with E-state index in [0.29, 0.717) is 6.41 Å². The van der Waals surface area contributed by atoms with Crippen molar-refractivity contribution in [3.63, 3.8) is 0 Å². The quantitative estimate of drug-likeness (QED) is 0.303. The van der Waals surface area contributed by atoms with Gasteiger partial charge in [0, 0.05) is 31.0 Å². The van der Waals surface area contributed by atoms with E-state index in [9.17, 15) is 9.59 Å². The molecule has 2 fully saturated rings. The predicted octanol–water partition coefficient (Wildman–Crippen LogP) is 4.37. The van der Waals surface area contributed by atoms with Gasteiger partial charge in [0.25, 0.3) is 0 Å². The lowest BCUT2D eigenvalue weighted by atomic mass is 10.0. The monoisotopic (exact) mass is 567 g/mol. The molecule has 1 aromatic heterocycles. The number of carboxylic acids is 1. The zero-order valence-corrected chi connectivity index (χ0v) is 24.9. The molecule has 2 aromatic rings. The molecule has 41 heavy (non-hydrogen) atoms. The summed E-state index contributed by atoms with van der Waals surface area (Å²) >= 11 is 0. The fourth-order valence-corrected chi connectivity index (χ4v) is 5.36. The molecule has 0 unspecified atom stereocenters. The highest BCUT2D eigenvalue weighted by Gasteiger charge is 2.30. The Kier molecular flexibility index (Phi) is 13.9. The second-order valence-electron chi connectivity index (χ2n) is 11.4. The van der Waals surface area contributed by atoms with Crippen molar-refractivity contribution in [3.05, 3.63) is 53.7 Å². The Bertz CT molecular complexity index is 1040. The van der Waals surface area contributed by atoms with E-state index < -0.39 is 5.97 Å². The van der Waals surface area contributed by atoms with E-state index in [2.05, 4.69) is 76.7 Å². The van der Waals surface area contributed by atoms with Crippen LogP contribution in [0.2, 0.25) is 0 Å². The first-order chi connectivity index (χ1) is 19.9. The molecule has 0 aliphatic carbocycles. The van der Waals surface area contributed by atoms with Gasteiger partial charge in [-0.1, -0.05) is 30.7 Å². The van der Waals surface area contributed by atoms with Crippen LogP contribution in [0.25, 0.3) is 0 Å². The number of carboxylic acid groups (broad SMARTS) is 1. The summed E-state index contributed by atoms with van der Waals surface area (Å²) in [5.41, 5.74) is 4.05. The van der Waals surface area contributed by atoms with Gasteiger partial charge in [-0.15, -0.1) is 0 Å². The maximum absolute atomic E-state index is 9.72. The lowest BCUT2D eigenvalue weighted by molar-refractivity contribution is -0.136. The number of ether oxygens (including phenoxy) is 1. The lowest BCUT2D eigenvalue weighted by Gasteiger charge is -2.43.